The summed E-state index contributed by atoms with van der Waals surface area (Å²) in [6.45, 7) is 14.4. The van der Waals surface area contributed by atoms with Crippen molar-refractivity contribution in [1.29, 1.82) is 0 Å². The molecule has 5 nitrogen and oxygen atoms in total. The highest BCUT2D eigenvalue weighted by molar-refractivity contribution is 5.93. The number of amides is 1. The molecule has 5 atom stereocenters. The van der Waals surface area contributed by atoms with E-state index in [0.29, 0.717) is 18.9 Å². The standard InChI is InChI=1S/C25H39NO4/c1-7-9-11-12-14-18(24(29)30-6)15-20(27)22-21-19(25(21,4)5)16-26(22)23(28)17(3)13-10-8-2/h7-8,17-19,21-22H,1-2,9-16H2,3-6H3/t17-,18+,19?,21?,22+/m0/s1. The number of esters is 1. The number of carbonyl (C=O) groups is 3. The number of hydrogen-bond acceptors (Lipinski definition) is 4. The number of ketones is 1. The van der Waals surface area contributed by atoms with E-state index in [2.05, 4.69) is 27.0 Å². The Morgan fingerprint density at radius 3 is 2.40 bits per heavy atom. The molecule has 1 amide bonds. The molecular formula is C25H39NO4. The van der Waals surface area contributed by atoms with Gasteiger partial charge < -0.3 is 9.64 Å². The predicted molar refractivity (Wildman–Crippen MR) is 119 cm³/mol. The maximum Gasteiger partial charge on any atom is 0.309 e. The van der Waals surface area contributed by atoms with Gasteiger partial charge in [-0.05, 0) is 49.4 Å². The van der Waals surface area contributed by atoms with Crippen LogP contribution in [0, 0.1) is 29.1 Å². The van der Waals surface area contributed by atoms with Crippen LogP contribution in [0.15, 0.2) is 25.3 Å². The molecule has 0 N–H and O–H groups in total. The fraction of sp³-hybridized carbons (Fsp3) is 0.720. The molecule has 168 valence electrons. The third-order valence-electron chi connectivity index (χ3n) is 7.24. The third kappa shape index (κ3) is 5.22. The smallest absolute Gasteiger partial charge is 0.309 e. The second-order valence-electron chi connectivity index (χ2n) is 9.62. The minimum Gasteiger partial charge on any atom is -0.469 e. The Balaban J connectivity index is 2.11. The van der Waals surface area contributed by atoms with Gasteiger partial charge in [-0.3, -0.25) is 14.4 Å². The molecule has 1 heterocycles. The molecule has 0 aromatic carbocycles. The van der Waals surface area contributed by atoms with Gasteiger partial charge in [-0.25, -0.2) is 0 Å². The molecule has 0 aromatic heterocycles. The van der Waals surface area contributed by atoms with Crippen LogP contribution in [0.5, 0.6) is 0 Å². The second kappa shape index (κ2) is 10.4. The Labute approximate surface area is 181 Å². The Morgan fingerprint density at radius 2 is 1.80 bits per heavy atom. The summed E-state index contributed by atoms with van der Waals surface area (Å²) in [7, 11) is 1.37. The van der Waals surface area contributed by atoms with Gasteiger partial charge >= 0.3 is 5.97 Å². The van der Waals surface area contributed by atoms with Crippen LogP contribution in [0.2, 0.25) is 0 Å². The first-order valence-electron chi connectivity index (χ1n) is 11.3. The zero-order valence-corrected chi connectivity index (χ0v) is 19.2. The number of hydrogen-bond donors (Lipinski definition) is 0. The summed E-state index contributed by atoms with van der Waals surface area (Å²) < 4.78 is 4.97. The molecule has 30 heavy (non-hydrogen) atoms. The normalized spacial score (nSPS) is 25.7. The van der Waals surface area contributed by atoms with Gasteiger partial charge in [-0.15, -0.1) is 13.2 Å². The first-order valence-corrected chi connectivity index (χ1v) is 11.3. The van der Waals surface area contributed by atoms with Crippen LogP contribution < -0.4 is 0 Å². The van der Waals surface area contributed by atoms with Crippen molar-refractivity contribution in [1.82, 2.24) is 4.90 Å². The summed E-state index contributed by atoms with van der Waals surface area (Å²) in [5.74, 6) is -0.276. The molecule has 0 aromatic rings. The van der Waals surface area contributed by atoms with E-state index < -0.39 is 12.0 Å². The number of fused-ring (bicyclic) bond motifs is 1. The Bertz CT molecular complexity index is 668. The van der Waals surface area contributed by atoms with Crippen molar-refractivity contribution in [2.24, 2.45) is 29.1 Å². The van der Waals surface area contributed by atoms with E-state index in [0.717, 1.165) is 32.1 Å². The average molecular weight is 418 g/mol. The molecule has 2 unspecified atom stereocenters. The lowest BCUT2D eigenvalue weighted by atomic mass is 9.89. The summed E-state index contributed by atoms with van der Waals surface area (Å²) in [6, 6.07) is -0.413. The minimum absolute atomic E-state index is 0.0106. The fourth-order valence-electron chi connectivity index (χ4n) is 5.17. The summed E-state index contributed by atoms with van der Waals surface area (Å²) in [6.07, 6.45) is 8.68. The predicted octanol–water partition coefficient (Wildman–Crippen LogP) is 4.57. The number of unbranched alkanes of at least 4 members (excludes halogenated alkanes) is 2. The monoisotopic (exact) mass is 417 g/mol. The molecule has 2 fully saturated rings. The second-order valence-corrected chi connectivity index (χ2v) is 9.62. The van der Waals surface area contributed by atoms with Crippen molar-refractivity contribution in [3.63, 3.8) is 0 Å². The van der Waals surface area contributed by atoms with Crippen molar-refractivity contribution in [2.75, 3.05) is 13.7 Å². The molecule has 5 heteroatoms. The number of Topliss-reactive ketones (excluding diaryl/α,β-unsaturated/α-hetero) is 1. The van der Waals surface area contributed by atoms with Crippen LogP contribution in [-0.4, -0.2) is 42.3 Å². The number of allylic oxidation sites excluding steroid dienone is 2. The highest BCUT2D eigenvalue weighted by Crippen LogP contribution is 2.65. The molecule has 2 rings (SSSR count). The Kier molecular flexibility index (Phi) is 8.45. The number of methoxy groups -OCH3 is 1. The van der Waals surface area contributed by atoms with Crippen molar-refractivity contribution in [2.45, 2.75) is 71.8 Å². The first kappa shape index (κ1) is 24.4. The van der Waals surface area contributed by atoms with E-state index in [-0.39, 0.29) is 41.3 Å². The number of rotatable bonds is 13. The largest absolute Gasteiger partial charge is 0.469 e. The number of nitrogens with zero attached hydrogens (tertiary/aromatic N) is 1. The summed E-state index contributed by atoms with van der Waals surface area (Å²) in [5, 5.41) is 0. The van der Waals surface area contributed by atoms with Crippen molar-refractivity contribution < 1.29 is 19.1 Å². The molecule has 1 aliphatic heterocycles. The van der Waals surface area contributed by atoms with Gasteiger partial charge in [0.15, 0.2) is 5.78 Å². The minimum atomic E-state index is -0.441. The van der Waals surface area contributed by atoms with Crippen LogP contribution in [-0.2, 0) is 19.1 Å². The number of likely N-dealkylation sites (tertiary alicyclic amines) is 1. The zero-order valence-electron chi connectivity index (χ0n) is 19.2. The molecule has 1 saturated heterocycles. The van der Waals surface area contributed by atoms with Gasteiger partial charge in [0.25, 0.3) is 0 Å². The lowest BCUT2D eigenvalue weighted by Gasteiger charge is -2.32. The van der Waals surface area contributed by atoms with Crippen LogP contribution in [0.25, 0.3) is 0 Å². The van der Waals surface area contributed by atoms with Crippen LogP contribution in [0.4, 0.5) is 0 Å². The van der Waals surface area contributed by atoms with Gasteiger partial charge in [0.2, 0.25) is 5.91 Å². The molecule has 0 radical (unpaired) electrons. The SMILES string of the molecule is C=CCCCC[C@H](CC(=O)[C@@H]1C2C(CN1C(=O)[C@@H](C)CCC=C)C2(C)C)C(=O)OC. The van der Waals surface area contributed by atoms with Gasteiger partial charge in [0.1, 0.15) is 0 Å². The summed E-state index contributed by atoms with van der Waals surface area (Å²) in [5.41, 5.74) is 0.0756. The van der Waals surface area contributed by atoms with E-state index in [1.165, 1.54) is 7.11 Å². The van der Waals surface area contributed by atoms with Crippen molar-refractivity contribution >= 4 is 17.7 Å². The summed E-state index contributed by atoms with van der Waals surface area (Å²) >= 11 is 0. The van der Waals surface area contributed by atoms with Crippen molar-refractivity contribution in [3.8, 4) is 0 Å². The molecule has 0 bridgehead atoms. The molecule has 0 spiro atoms. The van der Waals surface area contributed by atoms with Crippen LogP contribution in [0.3, 0.4) is 0 Å². The van der Waals surface area contributed by atoms with E-state index in [9.17, 15) is 14.4 Å². The van der Waals surface area contributed by atoms with Gasteiger partial charge in [0.05, 0.1) is 19.1 Å². The fourth-order valence-corrected chi connectivity index (χ4v) is 5.17. The topological polar surface area (TPSA) is 63.7 Å². The Hall–Kier alpha value is -1.91. The first-order chi connectivity index (χ1) is 14.2. The van der Waals surface area contributed by atoms with Crippen molar-refractivity contribution in [3.05, 3.63) is 25.3 Å². The third-order valence-corrected chi connectivity index (χ3v) is 7.24. The molecular weight excluding hydrogens is 378 g/mol. The maximum atomic E-state index is 13.4. The maximum absolute atomic E-state index is 13.4. The molecule has 1 saturated carbocycles. The van der Waals surface area contributed by atoms with Gasteiger partial charge in [-0.1, -0.05) is 39.3 Å². The van der Waals surface area contributed by atoms with E-state index >= 15 is 0 Å². The van der Waals surface area contributed by atoms with E-state index in [1.54, 1.807) is 0 Å². The van der Waals surface area contributed by atoms with E-state index in [4.69, 9.17) is 4.74 Å². The number of carbonyl (C=O) groups excluding carboxylic acids is 3. The number of piperidine rings is 1. The van der Waals surface area contributed by atoms with E-state index in [1.807, 2.05) is 24.0 Å². The molecule has 1 aliphatic carbocycles. The van der Waals surface area contributed by atoms with Gasteiger partial charge in [0, 0.05) is 18.9 Å². The quantitative estimate of drug-likeness (QED) is 0.250. The highest BCUT2D eigenvalue weighted by atomic mass is 16.5. The zero-order chi connectivity index (χ0) is 22.5. The van der Waals surface area contributed by atoms with Gasteiger partial charge in [-0.2, -0.15) is 0 Å². The number of ether oxygens (including phenoxy) is 1. The lowest BCUT2D eigenvalue weighted by Crippen LogP contribution is -2.48. The summed E-state index contributed by atoms with van der Waals surface area (Å²) in [4.78, 5) is 40.6. The van der Waals surface area contributed by atoms with Crippen LogP contribution >= 0.6 is 0 Å². The Morgan fingerprint density at radius 1 is 1.13 bits per heavy atom. The highest BCUT2D eigenvalue weighted by Gasteiger charge is 2.69. The lowest BCUT2D eigenvalue weighted by molar-refractivity contribution is -0.149. The molecule has 2 aliphatic rings. The average Bonchev–Trinajstić information content (AvgIpc) is 3.07. The van der Waals surface area contributed by atoms with Crippen LogP contribution in [0.1, 0.15) is 65.7 Å².